The van der Waals surface area contributed by atoms with Crippen LogP contribution >= 0.6 is 0 Å². The van der Waals surface area contributed by atoms with E-state index in [1.807, 2.05) is 6.92 Å². The molecule has 2 aliphatic carbocycles. The first kappa shape index (κ1) is 11.6. The van der Waals surface area contributed by atoms with Gasteiger partial charge in [-0.2, -0.15) is 0 Å². The first-order valence-electron chi connectivity index (χ1n) is 6.38. The predicted octanol–water partition coefficient (Wildman–Crippen LogP) is 2.48. The fourth-order valence-corrected chi connectivity index (χ4v) is 3.32. The number of carbonyl (C=O) groups is 2. The van der Waals surface area contributed by atoms with Crippen molar-refractivity contribution in [2.45, 2.75) is 51.9 Å². The molecule has 3 nitrogen and oxygen atoms in total. The van der Waals surface area contributed by atoms with Gasteiger partial charge in [-0.1, -0.05) is 12.8 Å². The molecule has 0 aromatic heterocycles. The minimum absolute atomic E-state index is 0.0489. The lowest BCUT2D eigenvalue weighted by Crippen LogP contribution is -2.46. The van der Waals surface area contributed by atoms with Gasteiger partial charge >= 0.3 is 5.97 Å². The zero-order valence-corrected chi connectivity index (χ0v) is 9.96. The summed E-state index contributed by atoms with van der Waals surface area (Å²) in [4.78, 5) is 23.6. The number of ketones is 1. The summed E-state index contributed by atoms with van der Waals surface area (Å²) in [7, 11) is 0. The first-order chi connectivity index (χ1) is 7.69. The fraction of sp³-hybridized carbons (Fsp3) is 0.846. The van der Waals surface area contributed by atoms with Crippen LogP contribution in [0.2, 0.25) is 0 Å². The Morgan fingerprint density at radius 3 is 3.00 bits per heavy atom. The third-order valence-corrected chi connectivity index (χ3v) is 4.21. The van der Waals surface area contributed by atoms with E-state index in [1.54, 1.807) is 0 Å². The van der Waals surface area contributed by atoms with Crippen LogP contribution in [0.5, 0.6) is 0 Å². The molecule has 0 spiro atoms. The monoisotopic (exact) mass is 224 g/mol. The van der Waals surface area contributed by atoms with Gasteiger partial charge in [0.15, 0.2) is 0 Å². The van der Waals surface area contributed by atoms with Crippen LogP contribution in [0.1, 0.15) is 51.9 Å². The molecule has 2 atom stereocenters. The Bertz CT molecular complexity index is 298. The Morgan fingerprint density at radius 2 is 2.25 bits per heavy atom. The molecule has 0 aromatic carbocycles. The van der Waals surface area contributed by atoms with Gasteiger partial charge in [0.1, 0.15) is 5.78 Å². The molecule has 2 aliphatic rings. The van der Waals surface area contributed by atoms with Gasteiger partial charge in [0, 0.05) is 12.8 Å². The molecule has 0 aliphatic heterocycles. The van der Waals surface area contributed by atoms with Crippen LogP contribution in [0.15, 0.2) is 0 Å². The summed E-state index contributed by atoms with van der Waals surface area (Å²) in [6.45, 7) is 2.29. The molecule has 0 heterocycles. The van der Waals surface area contributed by atoms with Crippen LogP contribution in [0, 0.1) is 11.3 Å². The van der Waals surface area contributed by atoms with Gasteiger partial charge in [-0.15, -0.1) is 0 Å². The smallest absolute Gasteiger partial charge is 0.312 e. The second-order valence-electron chi connectivity index (χ2n) is 5.06. The maximum atomic E-state index is 12.1. The Balaban J connectivity index is 2.19. The number of ether oxygens (including phenoxy) is 1. The minimum Gasteiger partial charge on any atom is -0.466 e. The van der Waals surface area contributed by atoms with Gasteiger partial charge in [0.05, 0.1) is 12.0 Å². The van der Waals surface area contributed by atoms with E-state index in [-0.39, 0.29) is 17.3 Å². The van der Waals surface area contributed by atoms with E-state index < -0.39 is 0 Å². The van der Waals surface area contributed by atoms with Crippen molar-refractivity contribution >= 4 is 11.8 Å². The molecule has 0 bridgehead atoms. The highest BCUT2D eigenvalue weighted by Gasteiger charge is 2.50. The van der Waals surface area contributed by atoms with Crippen LogP contribution in [0.4, 0.5) is 0 Å². The number of Topliss-reactive ketones (excluding diaryl/α,β-unsaturated/α-hetero) is 1. The van der Waals surface area contributed by atoms with Crippen molar-refractivity contribution in [3.05, 3.63) is 0 Å². The summed E-state index contributed by atoms with van der Waals surface area (Å²) < 4.78 is 5.23. The quantitative estimate of drug-likeness (QED) is 0.677. The first-order valence-corrected chi connectivity index (χ1v) is 6.38. The Morgan fingerprint density at radius 1 is 1.44 bits per heavy atom. The number of esters is 1. The van der Waals surface area contributed by atoms with Crippen molar-refractivity contribution in [2.24, 2.45) is 11.3 Å². The van der Waals surface area contributed by atoms with E-state index in [4.69, 9.17) is 4.74 Å². The molecule has 2 saturated carbocycles. The van der Waals surface area contributed by atoms with Crippen molar-refractivity contribution in [1.29, 1.82) is 0 Å². The van der Waals surface area contributed by atoms with E-state index in [9.17, 15) is 9.59 Å². The van der Waals surface area contributed by atoms with E-state index >= 15 is 0 Å². The Labute approximate surface area is 96.5 Å². The summed E-state index contributed by atoms with van der Waals surface area (Å²) in [5, 5.41) is 0. The highest BCUT2D eigenvalue weighted by atomic mass is 16.5. The molecule has 0 amide bonds. The highest BCUT2D eigenvalue weighted by Crippen LogP contribution is 2.50. The Hall–Kier alpha value is -0.860. The lowest BCUT2D eigenvalue weighted by molar-refractivity contribution is -0.165. The second kappa shape index (κ2) is 4.56. The van der Waals surface area contributed by atoms with Crippen LogP contribution in [0.25, 0.3) is 0 Å². The lowest BCUT2D eigenvalue weighted by atomic mass is 9.59. The molecular weight excluding hydrogens is 204 g/mol. The molecule has 0 N–H and O–H groups in total. The van der Waals surface area contributed by atoms with Crippen molar-refractivity contribution < 1.29 is 14.3 Å². The molecule has 0 radical (unpaired) electrons. The van der Waals surface area contributed by atoms with Crippen LogP contribution in [-0.4, -0.2) is 18.4 Å². The van der Waals surface area contributed by atoms with E-state index in [0.717, 1.165) is 32.1 Å². The maximum Gasteiger partial charge on any atom is 0.312 e. The summed E-state index contributed by atoms with van der Waals surface area (Å²) in [5.41, 5.74) is -0.317. The summed E-state index contributed by atoms with van der Waals surface area (Å²) in [6.07, 6.45) is 6.07. The number of hydrogen-bond acceptors (Lipinski definition) is 3. The molecule has 2 rings (SSSR count). The van der Waals surface area contributed by atoms with Gasteiger partial charge in [-0.3, -0.25) is 9.59 Å². The standard InChI is InChI=1S/C13H20O3/c1-2-16-12(15)13-7-4-3-5-10(13)9-11(14)6-8-13/h10H,2-9H2,1H3/t10-,13+/m1/s1. The average Bonchev–Trinajstić information content (AvgIpc) is 2.29. The molecule has 0 saturated heterocycles. The molecular formula is C13H20O3. The Kier molecular flexibility index (Phi) is 3.31. The van der Waals surface area contributed by atoms with Crippen LogP contribution in [0.3, 0.4) is 0 Å². The third kappa shape index (κ3) is 1.87. The molecule has 3 heteroatoms. The van der Waals surface area contributed by atoms with Crippen molar-refractivity contribution in [3.63, 3.8) is 0 Å². The van der Waals surface area contributed by atoms with Crippen LogP contribution in [-0.2, 0) is 14.3 Å². The van der Waals surface area contributed by atoms with Gasteiger partial charge < -0.3 is 4.74 Å². The lowest BCUT2D eigenvalue weighted by Gasteiger charge is -2.44. The minimum atomic E-state index is -0.317. The molecule has 16 heavy (non-hydrogen) atoms. The summed E-state index contributed by atoms with van der Waals surface area (Å²) >= 11 is 0. The van der Waals surface area contributed by atoms with Crippen LogP contribution < -0.4 is 0 Å². The average molecular weight is 224 g/mol. The van der Waals surface area contributed by atoms with Gasteiger partial charge in [-0.25, -0.2) is 0 Å². The fourth-order valence-electron chi connectivity index (χ4n) is 3.32. The van der Waals surface area contributed by atoms with Gasteiger partial charge in [0.25, 0.3) is 0 Å². The van der Waals surface area contributed by atoms with Crippen molar-refractivity contribution in [3.8, 4) is 0 Å². The van der Waals surface area contributed by atoms with Gasteiger partial charge in [-0.05, 0) is 32.1 Å². The molecule has 2 fully saturated rings. The summed E-state index contributed by atoms with van der Waals surface area (Å²) in [6, 6.07) is 0. The van der Waals surface area contributed by atoms with Gasteiger partial charge in [0.2, 0.25) is 0 Å². The summed E-state index contributed by atoms with van der Waals surface area (Å²) in [5.74, 6) is 0.528. The largest absolute Gasteiger partial charge is 0.466 e. The molecule has 0 unspecified atom stereocenters. The zero-order valence-electron chi connectivity index (χ0n) is 9.96. The highest BCUT2D eigenvalue weighted by molar-refractivity contribution is 5.85. The molecule has 90 valence electrons. The normalized spacial score (nSPS) is 34.3. The number of carbonyl (C=O) groups excluding carboxylic acids is 2. The predicted molar refractivity (Wildman–Crippen MR) is 59.9 cm³/mol. The van der Waals surface area contributed by atoms with E-state index in [1.165, 1.54) is 0 Å². The maximum absolute atomic E-state index is 12.1. The zero-order chi connectivity index (χ0) is 11.6. The van der Waals surface area contributed by atoms with E-state index in [0.29, 0.717) is 25.2 Å². The second-order valence-corrected chi connectivity index (χ2v) is 5.06. The number of rotatable bonds is 2. The van der Waals surface area contributed by atoms with Crippen molar-refractivity contribution in [2.75, 3.05) is 6.61 Å². The number of hydrogen-bond donors (Lipinski definition) is 0. The van der Waals surface area contributed by atoms with E-state index in [2.05, 4.69) is 0 Å². The third-order valence-electron chi connectivity index (χ3n) is 4.21. The van der Waals surface area contributed by atoms with Crippen molar-refractivity contribution in [1.82, 2.24) is 0 Å². The SMILES string of the molecule is CCOC(=O)[C@]12CCCC[C@@H]1CC(=O)CC2. The number of fused-ring (bicyclic) bond motifs is 1. The molecule has 0 aromatic rings. The topological polar surface area (TPSA) is 43.4 Å².